The summed E-state index contributed by atoms with van der Waals surface area (Å²) in [5.74, 6) is 0.0946. The third-order valence-electron chi connectivity index (χ3n) is 4.87. The van der Waals surface area contributed by atoms with Gasteiger partial charge in [0.25, 0.3) is 0 Å². The fraction of sp³-hybridized carbons (Fsp3) is 0.643. The molecular weight excluding hydrogens is 398 g/mol. The minimum absolute atomic E-state index is 0.161. The number of Topliss-reactive ketones (excluding diaryl/α,β-unsaturated/α-hetero) is 1. The van der Waals surface area contributed by atoms with Crippen molar-refractivity contribution >= 4 is 11.8 Å². The van der Waals surface area contributed by atoms with Gasteiger partial charge in [-0.05, 0) is 71.9 Å². The second kappa shape index (κ2) is 22.3. The number of allylic oxidation sites excluding steroid dienone is 8. The molecule has 0 fully saturated rings. The van der Waals surface area contributed by atoms with Crippen molar-refractivity contribution in [3.05, 3.63) is 48.6 Å². The highest BCUT2D eigenvalue weighted by Crippen LogP contribution is 2.11. The number of ether oxygens (including phenoxy) is 1. The fourth-order valence-electron chi connectivity index (χ4n) is 3.18. The molecule has 0 aliphatic rings. The molecule has 0 aromatic rings. The van der Waals surface area contributed by atoms with E-state index in [4.69, 9.17) is 4.74 Å². The second-order valence-electron chi connectivity index (χ2n) is 8.41. The maximum absolute atomic E-state index is 12.2. The van der Waals surface area contributed by atoms with Crippen molar-refractivity contribution in [1.82, 2.24) is 4.90 Å². The molecule has 0 rings (SSSR count). The highest BCUT2D eigenvalue weighted by Gasteiger charge is 2.17. The van der Waals surface area contributed by atoms with Gasteiger partial charge in [0.2, 0.25) is 0 Å². The highest BCUT2D eigenvalue weighted by atomic mass is 16.5. The van der Waals surface area contributed by atoms with Crippen molar-refractivity contribution in [2.24, 2.45) is 0 Å². The lowest BCUT2D eigenvalue weighted by molar-refractivity contribution is -0.150. The van der Waals surface area contributed by atoms with Crippen molar-refractivity contribution in [3.63, 3.8) is 0 Å². The Hall–Kier alpha value is -1.94. The minimum atomic E-state index is -0.221. The van der Waals surface area contributed by atoms with E-state index in [1.807, 2.05) is 19.0 Å². The summed E-state index contributed by atoms with van der Waals surface area (Å²) in [5.41, 5.74) is 0. The van der Waals surface area contributed by atoms with Gasteiger partial charge in [-0.15, -0.1) is 0 Å². The molecule has 0 spiro atoms. The third kappa shape index (κ3) is 21.3. The van der Waals surface area contributed by atoms with E-state index in [1.165, 1.54) is 0 Å². The summed E-state index contributed by atoms with van der Waals surface area (Å²) < 4.78 is 5.68. The van der Waals surface area contributed by atoms with Gasteiger partial charge in [-0.3, -0.25) is 9.59 Å². The Bertz CT molecular complexity index is 587. The van der Waals surface area contributed by atoms with E-state index in [2.05, 4.69) is 62.5 Å². The average Bonchev–Trinajstić information content (AvgIpc) is 2.75. The lowest BCUT2D eigenvalue weighted by atomic mass is 10.1. The van der Waals surface area contributed by atoms with E-state index in [0.29, 0.717) is 32.2 Å². The molecule has 182 valence electrons. The predicted molar refractivity (Wildman–Crippen MR) is 137 cm³/mol. The molecule has 0 saturated heterocycles. The number of hydrogen-bond acceptors (Lipinski definition) is 4. The van der Waals surface area contributed by atoms with E-state index in [1.54, 1.807) is 0 Å². The van der Waals surface area contributed by atoms with Gasteiger partial charge < -0.3 is 9.64 Å². The largest absolute Gasteiger partial charge is 0.461 e. The Labute approximate surface area is 197 Å². The first-order chi connectivity index (χ1) is 15.5. The van der Waals surface area contributed by atoms with Crippen LogP contribution in [0.25, 0.3) is 0 Å². The number of ketones is 1. The van der Waals surface area contributed by atoms with Crippen LogP contribution in [0.4, 0.5) is 0 Å². The van der Waals surface area contributed by atoms with E-state index >= 15 is 0 Å². The van der Waals surface area contributed by atoms with Crippen LogP contribution in [0.15, 0.2) is 48.6 Å². The van der Waals surface area contributed by atoms with Crippen LogP contribution in [0.2, 0.25) is 0 Å². The minimum Gasteiger partial charge on any atom is -0.461 e. The Morgan fingerprint density at radius 2 is 1.28 bits per heavy atom. The Morgan fingerprint density at radius 1 is 0.750 bits per heavy atom. The van der Waals surface area contributed by atoms with Crippen molar-refractivity contribution < 1.29 is 14.3 Å². The van der Waals surface area contributed by atoms with Gasteiger partial charge >= 0.3 is 5.97 Å². The molecule has 32 heavy (non-hydrogen) atoms. The molecule has 0 aliphatic heterocycles. The molecule has 4 heteroatoms. The zero-order chi connectivity index (χ0) is 23.9. The smallest absolute Gasteiger partial charge is 0.306 e. The highest BCUT2D eigenvalue weighted by molar-refractivity contribution is 5.78. The molecule has 0 heterocycles. The number of hydrogen-bond donors (Lipinski definition) is 0. The predicted octanol–water partition coefficient (Wildman–Crippen LogP) is 6.97. The summed E-state index contributed by atoms with van der Waals surface area (Å²) in [6.45, 7) is 4.90. The average molecular weight is 446 g/mol. The summed E-state index contributed by atoms with van der Waals surface area (Å²) >= 11 is 0. The van der Waals surface area contributed by atoms with E-state index in [9.17, 15) is 9.59 Å². The fourth-order valence-corrected chi connectivity index (χ4v) is 3.18. The lowest BCUT2D eigenvalue weighted by Crippen LogP contribution is -2.31. The van der Waals surface area contributed by atoms with Gasteiger partial charge in [-0.1, -0.05) is 62.5 Å². The van der Waals surface area contributed by atoms with Crippen LogP contribution in [0.3, 0.4) is 0 Å². The van der Waals surface area contributed by atoms with Crippen LogP contribution < -0.4 is 0 Å². The molecule has 1 unspecified atom stereocenters. The van der Waals surface area contributed by atoms with Crippen LogP contribution >= 0.6 is 0 Å². The molecular formula is C28H47NO3. The van der Waals surface area contributed by atoms with Gasteiger partial charge in [0.05, 0.1) is 0 Å². The normalized spacial score (nSPS) is 13.3. The topological polar surface area (TPSA) is 46.6 Å². The number of carbonyl (C=O) groups is 2. The molecule has 0 aromatic heterocycles. The number of unbranched alkanes of at least 4 members (excludes halogenated alkanes) is 2. The maximum atomic E-state index is 12.2. The Kier molecular flexibility index (Phi) is 20.9. The monoisotopic (exact) mass is 445 g/mol. The van der Waals surface area contributed by atoms with Crippen LogP contribution in [-0.4, -0.2) is 43.4 Å². The Balaban J connectivity index is 4.11. The zero-order valence-electron chi connectivity index (χ0n) is 21.1. The van der Waals surface area contributed by atoms with Crippen LogP contribution in [0.5, 0.6) is 0 Å². The van der Waals surface area contributed by atoms with Gasteiger partial charge in [0.15, 0.2) is 0 Å². The summed E-state index contributed by atoms with van der Waals surface area (Å²) in [5, 5.41) is 0. The van der Waals surface area contributed by atoms with E-state index in [0.717, 1.165) is 51.4 Å². The van der Waals surface area contributed by atoms with Crippen molar-refractivity contribution in [1.29, 1.82) is 0 Å². The molecule has 0 radical (unpaired) electrons. The van der Waals surface area contributed by atoms with E-state index in [-0.39, 0.29) is 17.9 Å². The summed E-state index contributed by atoms with van der Waals surface area (Å²) in [6.07, 6.45) is 26.6. The van der Waals surface area contributed by atoms with Crippen molar-refractivity contribution in [2.75, 3.05) is 20.6 Å². The molecule has 0 aromatic carbocycles. The number of likely N-dealkylation sites (N-methyl/N-ethyl adjacent to an activating group) is 1. The van der Waals surface area contributed by atoms with Crippen LogP contribution in [-0.2, 0) is 14.3 Å². The second-order valence-corrected chi connectivity index (χ2v) is 8.41. The first-order valence-electron chi connectivity index (χ1n) is 12.4. The quantitative estimate of drug-likeness (QED) is 0.115. The number of esters is 1. The van der Waals surface area contributed by atoms with Gasteiger partial charge in [0.1, 0.15) is 11.9 Å². The standard InChI is InChI=1S/C28H47NO3/c1-5-7-9-11-13-15-17-19-21-26(30)23-24-27(25-29(3)4)32-28(31)22-20-18-16-14-12-10-8-6-2/h7-10,13-16,27H,5-6,11-12,17-25H2,1-4H3/b9-7+,10-8+,15-13+,16-14+. The van der Waals surface area contributed by atoms with Crippen LogP contribution in [0.1, 0.15) is 90.9 Å². The molecule has 4 nitrogen and oxygen atoms in total. The molecule has 1 atom stereocenters. The third-order valence-corrected chi connectivity index (χ3v) is 4.87. The van der Waals surface area contributed by atoms with Gasteiger partial charge in [-0.25, -0.2) is 0 Å². The first kappa shape index (κ1) is 30.1. The first-order valence-corrected chi connectivity index (χ1v) is 12.4. The van der Waals surface area contributed by atoms with E-state index < -0.39 is 0 Å². The molecule has 0 N–H and O–H groups in total. The van der Waals surface area contributed by atoms with Gasteiger partial charge in [0, 0.05) is 25.8 Å². The summed E-state index contributed by atoms with van der Waals surface area (Å²) in [7, 11) is 3.92. The zero-order valence-corrected chi connectivity index (χ0v) is 21.1. The summed E-state index contributed by atoms with van der Waals surface area (Å²) in [6, 6.07) is 0. The SMILES string of the molecule is CC/C=C/C/C=C/CCCC(=O)CCC(CN(C)C)OC(=O)CCC/C=C/C/C=C/CC. The molecule has 0 bridgehead atoms. The Morgan fingerprint density at radius 3 is 1.81 bits per heavy atom. The number of rotatable bonds is 20. The summed E-state index contributed by atoms with van der Waals surface area (Å²) in [4.78, 5) is 26.5. The van der Waals surface area contributed by atoms with Crippen molar-refractivity contribution in [2.45, 2.75) is 97.0 Å². The molecule has 0 aliphatic carbocycles. The molecule has 0 amide bonds. The van der Waals surface area contributed by atoms with Gasteiger partial charge in [-0.2, -0.15) is 0 Å². The number of carbonyl (C=O) groups excluding carboxylic acids is 2. The number of nitrogens with zero attached hydrogens (tertiary/aromatic N) is 1. The molecule has 0 saturated carbocycles. The lowest BCUT2D eigenvalue weighted by Gasteiger charge is -2.21. The maximum Gasteiger partial charge on any atom is 0.306 e. The van der Waals surface area contributed by atoms with Crippen molar-refractivity contribution in [3.8, 4) is 0 Å². The van der Waals surface area contributed by atoms with Crippen LogP contribution in [0, 0.1) is 0 Å².